The van der Waals surface area contributed by atoms with E-state index in [1.165, 1.54) is 0 Å². The van der Waals surface area contributed by atoms with Crippen LogP contribution in [0.25, 0.3) is 0 Å². The Kier molecular flexibility index (Phi) is 8.94. The third-order valence-electron chi connectivity index (χ3n) is 15.3. The average molecular weight is 679 g/mol. The Hall–Kier alpha value is -1.38. The lowest BCUT2D eigenvalue weighted by Gasteiger charge is -2.59. The Morgan fingerprint density at radius 1 is 0.894 bits per heavy atom. The first-order chi connectivity index (χ1) is 21.8. The Labute approximate surface area is 280 Å². The van der Waals surface area contributed by atoms with Crippen molar-refractivity contribution in [1.82, 2.24) is 0 Å². The van der Waals surface area contributed by atoms with Gasteiger partial charge in [-0.15, -0.1) is 0 Å². The van der Waals surface area contributed by atoms with Gasteiger partial charge in [0.05, 0.1) is 15.7 Å². The maximum absolute atomic E-state index is 14.5. The molecule has 0 amide bonds. The van der Waals surface area contributed by atoms with Crippen molar-refractivity contribution in [3.63, 3.8) is 0 Å². The van der Waals surface area contributed by atoms with Crippen molar-refractivity contribution >= 4 is 9.84 Å². The second kappa shape index (κ2) is 11.9. The maximum Gasteiger partial charge on any atom is 0.417 e. The molecule has 0 heterocycles. The van der Waals surface area contributed by atoms with E-state index < -0.39 is 32.5 Å². The molecule has 8 heteroatoms. The smallest absolute Gasteiger partial charge is 0.390 e. The zero-order valence-electron chi connectivity index (χ0n) is 29.1. The van der Waals surface area contributed by atoms with Gasteiger partial charge in [0.15, 0.2) is 15.4 Å². The number of alkyl halides is 3. The first-order valence-corrected chi connectivity index (χ1v) is 19.9. The van der Waals surface area contributed by atoms with Gasteiger partial charge in [-0.05, 0) is 135 Å². The van der Waals surface area contributed by atoms with E-state index in [0.29, 0.717) is 36.0 Å². The second-order valence-electron chi connectivity index (χ2n) is 17.5. The summed E-state index contributed by atoms with van der Waals surface area (Å²) in [6, 6.07) is 8.76. The first-order valence-electron chi connectivity index (χ1n) is 18.3. The van der Waals surface area contributed by atoms with Gasteiger partial charge in [0, 0.05) is 6.42 Å². The van der Waals surface area contributed by atoms with Gasteiger partial charge >= 0.3 is 6.18 Å². The van der Waals surface area contributed by atoms with Crippen LogP contribution >= 0.6 is 0 Å². The number of hydrogen-bond acceptors (Lipinski definition) is 4. The molecule has 1 aromatic rings. The molecule has 5 aliphatic carbocycles. The minimum Gasteiger partial charge on any atom is -0.390 e. The molecule has 6 rings (SSSR count). The number of halogens is 3. The van der Waals surface area contributed by atoms with Crippen molar-refractivity contribution in [3.05, 3.63) is 42.0 Å². The van der Waals surface area contributed by atoms with E-state index in [-0.39, 0.29) is 53.3 Å². The van der Waals surface area contributed by atoms with Crippen molar-refractivity contribution in [2.75, 3.05) is 0 Å². The van der Waals surface area contributed by atoms with E-state index in [4.69, 9.17) is 0 Å². The van der Waals surface area contributed by atoms with Gasteiger partial charge in [0.2, 0.25) is 0 Å². The predicted octanol–water partition coefficient (Wildman–Crippen LogP) is 9.45. The molecule has 2 N–H and O–H groups in total. The molecule has 47 heavy (non-hydrogen) atoms. The van der Waals surface area contributed by atoms with E-state index >= 15 is 0 Å². The van der Waals surface area contributed by atoms with E-state index in [9.17, 15) is 31.8 Å². The molecule has 4 nitrogen and oxygen atoms in total. The summed E-state index contributed by atoms with van der Waals surface area (Å²) in [6.45, 7) is 11.1. The topological polar surface area (TPSA) is 74.6 Å². The van der Waals surface area contributed by atoms with E-state index in [2.05, 4.69) is 34.6 Å². The average Bonchev–Trinajstić information content (AvgIpc) is 3.39. The minimum absolute atomic E-state index is 0.0793. The van der Waals surface area contributed by atoms with Crippen LogP contribution < -0.4 is 0 Å². The van der Waals surface area contributed by atoms with Gasteiger partial charge in [-0.1, -0.05) is 70.9 Å². The minimum atomic E-state index is -4.64. The lowest BCUT2D eigenvalue weighted by Crippen LogP contribution is -2.56. The van der Waals surface area contributed by atoms with Gasteiger partial charge in [-0.3, -0.25) is 0 Å². The van der Waals surface area contributed by atoms with E-state index in [0.717, 1.165) is 56.9 Å². The van der Waals surface area contributed by atoms with Gasteiger partial charge in [-0.2, -0.15) is 13.2 Å². The number of allylic oxidation sites excluding steroid dienone is 1. The molecule has 0 aromatic heterocycles. The molecule has 4 fully saturated rings. The van der Waals surface area contributed by atoms with Crippen LogP contribution in [-0.4, -0.2) is 41.3 Å². The van der Waals surface area contributed by atoms with Gasteiger partial charge in [-0.25, -0.2) is 8.42 Å². The molecule has 1 unspecified atom stereocenters. The fourth-order valence-electron chi connectivity index (χ4n) is 11.7. The fraction of sp³-hybridized carbons (Fsp3) is 0.795. The highest BCUT2D eigenvalue weighted by molar-refractivity contribution is 7.92. The van der Waals surface area contributed by atoms with Crippen molar-refractivity contribution < 1.29 is 31.8 Å². The zero-order chi connectivity index (χ0) is 34.3. The third-order valence-corrected chi connectivity index (χ3v) is 17.6. The Bertz CT molecular complexity index is 1450. The molecule has 0 spiro atoms. The summed E-state index contributed by atoms with van der Waals surface area (Å²) in [5.74, 6) is 0.999. The van der Waals surface area contributed by atoms with Gasteiger partial charge < -0.3 is 10.2 Å². The summed E-state index contributed by atoms with van der Waals surface area (Å²) in [7, 11) is -3.73. The Morgan fingerprint density at radius 3 is 2.17 bits per heavy atom. The fourth-order valence-corrected chi connectivity index (χ4v) is 13.8. The molecule has 0 aliphatic heterocycles. The largest absolute Gasteiger partial charge is 0.417 e. The number of aliphatic hydroxyl groups is 2. The van der Waals surface area contributed by atoms with Gasteiger partial charge in [0.1, 0.15) is 0 Å². The van der Waals surface area contributed by atoms with Crippen molar-refractivity contribution in [3.8, 4) is 0 Å². The van der Waals surface area contributed by atoms with Crippen LogP contribution in [0, 0.1) is 45.8 Å². The molecule has 5 aliphatic rings. The summed E-state index contributed by atoms with van der Waals surface area (Å²) >= 11 is 0. The van der Waals surface area contributed by atoms with Crippen molar-refractivity contribution in [1.29, 1.82) is 0 Å². The lowest BCUT2D eigenvalue weighted by atomic mass is 9.46. The van der Waals surface area contributed by atoms with Crippen LogP contribution in [0.15, 0.2) is 46.9 Å². The van der Waals surface area contributed by atoms with Crippen LogP contribution in [0.3, 0.4) is 0 Å². The van der Waals surface area contributed by atoms with Crippen LogP contribution in [0.5, 0.6) is 0 Å². The summed E-state index contributed by atoms with van der Waals surface area (Å²) in [5.41, 5.74) is -3.11. The molecule has 0 radical (unpaired) electrons. The quantitative estimate of drug-likeness (QED) is 0.282. The number of benzene rings is 1. The molecule has 0 saturated heterocycles. The normalized spacial score (nSPS) is 43.7. The SMILES string of the molecule is CCC1(C)CCC(O)(CC([C@@H](C)[C@H]2CC[C@H]3[C@@H]4CC=C5C[C@](O)(C(F)(F)F)CC[C@]5(C)[C@H]4CC[C@]23C)S(=O)(=O)c2ccccc2)CC1. The molecule has 9 atom stereocenters. The second-order valence-corrected chi connectivity index (χ2v) is 19.7. The zero-order valence-corrected chi connectivity index (χ0v) is 29.9. The van der Waals surface area contributed by atoms with E-state index in [1.54, 1.807) is 24.3 Å². The number of rotatable bonds is 7. The first kappa shape index (κ1) is 35.4. The maximum atomic E-state index is 14.5. The van der Waals surface area contributed by atoms with Crippen LogP contribution in [0.4, 0.5) is 13.2 Å². The molecule has 4 saturated carbocycles. The third kappa shape index (κ3) is 5.86. The summed E-state index contributed by atoms with van der Waals surface area (Å²) < 4.78 is 70.5. The molecule has 1 aromatic carbocycles. The van der Waals surface area contributed by atoms with Crippen LogP contribution in [0.1, 0.15) is 125 Å². The monoisotopic (exact) mass is 678 g/mol. The summed E-state index contributed by atoms with van der Waals surface area (Å²) in [6.07, 6.45) is 5.99. The van der Waals surface area contributed by atoms with Crippen LogP contribution in [0.2, 0.25) is 0 Å². The van der Waals surface area contributed by atoms with Crippen molar-refractivity contribution in [2.24, 2.45) is 45.8 Å². The molecule has 264 valence electrons. The molecular formula is C39H57F3O4S. The Morgan fingerprint density at radius 2 is 1.55 bits per heavy atom. The molecule has 0 bridgehead atoms. The lowest BCUT2D eigenvalue weighted by molar-refractivity contribution is -0.271. The predicted molar refractivity (Wildman–Crippen MR) is 179 cm³/mol. The standard InChI is InChI=1S/C39H57F3O4S/c1-6-34(3)18-21-37(43,22-19-34)25-33(47(45,46)28-10-8-7-9-11-28)26(2)30-14-15-31-29-13-12-27-24-38(44,39(40,41)42)23-20-35(27,4)32(29)16-17-36(30,31)5/h7-12,26,29-33,43-44H,6,13-25H2,1-5H3/t26-,29-,30+,31-,32-,33?,34?,35-,36+,37?,38-/m0/s1. The number of sulfone groups is 1. The highest BCUT2D eigenvalue weighted by atomic mass is 32.2. The summed E-state index contributed by atoms with van der Waals surface area (Å²) in [5, 5.41) is 21.9. The van der Waals surface area contributed by atoms with E-state index in [1.807, 2.05) is 12.1 Å². The van der Waals surface area contributed by atoms with Gasteiger partial charge in [0.25, 0.3) is 0 Å². The van der Waals surface area contributed by atoms with Crippen molar-refractivity contribution in [2.45, 2.75) is 152 Å². The molecular weight excluding hydrogens is 621 g/mol. The number of hydrogen-bond donors (Lipinski definition) is 2. The highest BCUT2D eigenvalue weighted by Gasteiger charge is 2.64. The Balaban J connectivity index is 1.28. The number of fused-ring (bicyclic) bond motifs is 5. The summed E-state index contributed by atoms with van der Waals surface area (Å²) in [4.78, 5) is 0.326. The highest BCUT2D eigenvalue weighted by Crippen LogP contribution is 2.68. The van der Waals surface area contributed by atoms with Crippen LogP contribution in [-0.2, 0) is 9.84 Å².